The summed E-state index contributed by atoms with van der Waals surface area (Å²) in [5.74, 6) is -0.0761. The molecule has 126 valence electrons. The van der Waals surface area contributed by atoms with E-state index in [9.17, 15) is 4.79 Å². The van der Waals surface area contributed by atoms with Gasteiger partial charge in [0.25, 0.3) is 0 Å². The molecular weight excluding hydrogens is 306 g/mol. The molecule has 3 atom stereocenters. The van der Waals surface area contributed by atoms with Gasteiger partial charge in [0.2, 0.25) is 5.91 Å². The quantitative estimate of drug-likeness (QED) is 0.908. The molecule has 0 aliphatic carbocycles. The van der Waals surface area contributed by atoms with E-state index in [1.54, 1.807) is 12.4 Å². The molecule has 2 saturated heterocycles. The predicted molar refractivity (Wildman–Crippen MR) is 88.1 cm³/mol. The first-order valence-corrected chi connectivity index (χ1v) is 8.23. The highest BCUT2D eigenvalue weighted by Gasteiger charge is 2.44. The van der Waals surface area contributed by atoms with Gasteiger partial charge in [-0.25, -0.2) is 0 Å². The Hall–Kier alpha value is -2.25. The number of pyridine rings is 1. The molecule has 2 aromatic heterocycles. The molecule has 7 nitrogen and oxygen atoms in total. The number of amides is 1. The molecular formula is C17H21N5O2. The number of ether oxygens (including phenoxy) is 1. The summed E-state index contributed by atoms with van der Waals surface area (Å²) < 4.78 is 7.82. The van der Waals surface area contributed by atoms with E-state index in [1.807, 2.05) is 36.3 Å². The lowest BCUT2D eigenvalue weighted by Crippen LogP contribution is -2.44. The van der Waals surface area contributed by atoms with Gasteiger partial charge in [-0.1, -0.05) is 0 Å². The standard InChI is InChI=1S/C17H21N5O2/c1-21-8-12(6-19-21)9-22-10-14-5-15(16(11-22)24-14)17(23)20-13-3-2-4-18-7-13/h2-4,6-8,14-16H,5,9-11H2,1H3,(H,20,23)/t14-,15+,16-/m1/s1. The molecule has 2 aliphatic rings. The minimum Gasteiger partial charge on any atom is -0.371 e. The molecule has 1 amide bonds. The number of hydrogen-bond donors (Lipinski definition) is 1. The van der Waals surface area contributed by atoms with Gasteiger partial charge in [-0.05, 0) is 18.6 Å². The van der Waals surface area contributed by atoms with Crippen molar-refractivity contribution >= 4 is 11.6 Å². The summed E-state index contributed by atoms with van der Waals surface area (Å²) >= 11 is 0. The Kier molecular flexibility index (Phi) is 4.03. The second-order valence-corrected chi connectivity index (χ2v) is 6.59. The van der Waals surface area contributed by atoms with E-state index in [0.29, 0.717) is 0 Å². The second kappa shape index (κ2) is 6.33. The highest BCUT2D eigenvalue weighted by Crippen LogP contribution is 2.33. The summed E-state index contributed by atoms with van der Waals surface area (Å²) in [5, 5.41) is 7.17. The van der Waals surface area contributed by atoms with Crippen molar-refractivity contribution in [3.8, 4) is 0 Å². The number of rotatable bonds is 4. The molecule has 7 heteroatoms. The molecule has 2 aliphatic heterocycles. The summed E-state index contributed by atoms with van der Waals surface area (Å²) in [7, 11) is 1.92. The van der Waals surface area contributed by atoms with Crippen LogP contribution in [0.1, 0.15) is 12.0 Å². The second-order valence-electron chi connectivity index (χ2n) is 6.59. The molecule has 0 spiro atoms. The maximum Gasteiger partial charge on any atom is 0.230 e. The summed E-state index contributed by atoms with van der Waals surface area (Å²) in [6.07, 6.45) is 8.14. The van der Waals surface area contributed by atoms with Gasteiger partial charge in [0.1, 0.15) is 0 Å². The number of carbonyl (C=O) groups excluding carboxylic acids is 1. The number of hydrogen-bond acceptors (Lipinski definition) is 5. The Morgan fingerprint density at radius 3 is 3.08 bits per heavy atom. The summed E-state index contributed by atoms with van der Waals surface area (Å²) in [6.45, 7) is 2.49. The van der Waals surface area contributed by atoms with Gasteiger partial charge in [0.15, 0.2) is 0 Å². The zero-order chi connectivity index (χ0) is 16.5. The first kappa shape index (κ1) is 15.3. The number of likely N-dealkylation sites (tertiary alicyclic amines) is 1. The molecule has 4 heterocycles. The summed E-state index contributed by atoms with van der Waals surface area (Å²) in [5.41, 5.74) is 1.92. The Labute approximate surface area is 140 Å². The largest absolute Gasteiger partial charge is 0.371 e. The van der Waals surface area contributed by atoms with Crippen LogP contribution in [0.2, 0.25) is 0 Å². The fourth-order valence-electron chi connectivity index (χ4n) is 3.63. The Morgan fingerprint density at radius 1 is 1.42 bits per heavy atom. The minimum atomic E-state index is -0.103. The smallest absolute Gasteiger partial charge is 0.230 e. The lowest BCUT2D eigenvalue weighted by molar-refractivity contribution is -0.123. The fourth-order valence-corrected chi connectivity index (χ4v) is 3.63. The van der Waals surface area contributed by atoms with Crippen molar-refractivity contribution in [2.24, 2.45) is 13.0 Å². The molecule has 0 aromatic carbocycles. The normalized spacial score (nSPS) is 26.5. The Morgan fingerprint density at radius 2 is 2.33 bits per heavy atom. The SMILES string of the molecule is Cn1cc(CN2C[C@H]3C[C@H](C(=O)Nc4cccnc4)[C@@H](C2)O3)cn1. The monoisotopic (exact) mass is 327 g/mol. The average Bonchev–Trinajstić information content (AvgIpc) is 3.11. The highest BCUT2D eigenvalue weighted by molar-refractivity contribution is 5.93. The topological polar surface area (TPSA) is 72.3 Å². The zero-order valence-corrected chi connectivity index (χ0v) is 13.6. The molecule has 24 heavy (non-hydrogen) atoms. The highest BCUT2D eigenvalue weighted by atomic mass is 16.5. The van der Waals surface area contributed by atoms with E-state index in [0.717, 1.165) is 31.7 Å². The van der Waals surface area contributed by atoms with Crippen LogP contribution in [-0.2, 0) is 23.1 Å². The van der Waals surface area contributed by atoms with Gasteiger partial charge < -0.3 is 10.1 Å². The van der Waals surface area contributed by atoms with Gasteiger partial charge in [0, 0.05) is 44.6 Å². The first-order chi connectivity index (χ1) is 11.7. The van der Waals surface area contributed by atoms with Crippen molar-refractivity contribution in [3.05, 3.63) is 42.5 Å². The van der Waals surface area contributed by atoms with E-state index in [4.69, 9.17) is 4.74 Å². The number of fused-ring (bicyclic) bond motifs is 2. The van der Waals surface area contributed by atoms with Gasteiger partial charge >= 0.3 is 0 Å². The van der Waals surface area contributed by atoms with E-state index in [1.165, 1.54) is 5.56 Å². The number of anilines is 1. The van der Waals surface area contributed by atoms with Crippen LogP contribution in [0.4, 0.5) is 5.69 Å². The minimum absolute atomic E-state index is 0.0266. The molecule has 4 rings (SSSR count). The van der Waals surface area contributed by atoms with Crippen LogP contribution in [0.25, 0.3) is 0 Å². The predicted octanol–water partition coefficient (Wildman–Crippen LogP) is 1.04. The average molecular weight is 327 g/mol. The Bertz CT molecular complexity index is 717. The molecule has 0 radical (unpaired) electrons. The summed E-state index contributed by atoms with van der Waals surface area (Å²) in [6, 6.07) is 3.66. The number of aryl methyl sites for hydroxylation is 1. The van der Waals surface area contributed by atoms with Gasteiger partial charge in [0.05, 0.1) is 36.2 Å². The zero-order valence-electron chi connectivity index (χ0n) is 13.6. The van der Waals surface area contributed by atoms with Gasteiger partial charge in [-0.3, -0.25) is 19.4 Å². The molecule has 2 bridgehead atoms. The van der Waals surface area contributed by atoms with Crippen LogP contribution < -0.4 is 5.32 Å². The van der Waals surface area contributed by atoms with E-state index in [2.05, 4.69) is 20.3 Å². The van der Waals surface area contributed by atoms with Gasteiger partial charge in [-0.2, -0.15) is 5.10 Å². The lowest BCUT2D eigenvalue weighted by Gasteiger charge is -2.32. The number of nitrogens with zero attached hydrogens (tertiary/aromatic N) is 4. The molecule has 2 fully saturated rings. The lowest BCUT2D eigenvalue weighted by atomic mass is 9.99. The fraction of sp³-hybridized carbons (Fsp3) is 0.471. The molecule has 1 N–H and O–H groups in total. The number of aromatic nitrogens is 3. The third-order valence-electron chi connectivity index (χ3n) is 4.66. The van der Waals surface area contributed by atoms with Crippen LogP contribution in [0.5, 0.6) is 0 Å². The van der Waals surface area contributed by atoms with Gasteiger partial charge in [-0.15, -0.1) is 0 Å². The van der Waals surface area contributed by atoms with E-state index < -0.39 is 0 Å². The maximum atomic E-state index is 12.6. The third-order valence-corrected chi connectivity index (χ3v) is 4.66. The van der Waals surface area contributed by atoms with Crippen molar-refractivity contribution in [2.45, 2.75) is 25.2 Å². The maximum absolute atomic E-state index is 12.6. The van der Waals surface area contributed by atoms with Crippen molar-refractivity contribution < 1.29 is 9.53 Å². The molecule has 2 aromatic rings. The van der Waals surface area contributed by atoms with Crippen molar-refractivity contribution in [1.82, 2.24) is 19.7 Å². The van der Waals surface area contributed by atoms with E-state index in [-0.39, 0.29) is 24.0 Å². The van der Waals surface area contributed by atoms with E-state index >= 15 is 0 Å². The van der Waals surface area contributed by atoms with Crippen LogP contribution in [-0.4, -0.2) is 50.9 Å². The van der Waals surface area contributed by atoms with Crippen molar-refractivity contribution in [1.29, 1.82) is 0 Å². The first-order valence-electron chi connectivity index (χ1n) is 8.23. The van der Waals surface area contributed by atoms with Crippen molar-refractivity contribution in [2.75, 3.05) is 18.4 Å². The van der Waals surface area contributed by atoms with Crippen LogP contribution in [0.15, 0.2) is 36.9 Å². The number of nitrogens with one attached hydrogen (secondary N) is 1. The van der Waals surface area contributed by atoms with Crippen LogP contribution >= 0.6 is 0 Å². The molecule has 0 saturated carbocycles. The van der Waals surface area contributed by atoms with Crippen LogP contribution in [0.3, 0.4) is 0 Å². The Balaban J connectivity index is 1.39. The summed E-state index contributed by atoms with van der Waals surface area (Å²) in [4.78, 5) is 19.0. The number of carbonyl (C=O) groups is 1. The molecule has 0 unspecified atom stereocenters. The van der Waals surface area contributed by atoms with Crippen molar-refractivity contribution in [3.63, 3.8) is 0 Å². The van der Waals surface area contributed by atoms with Crippen LogP contribution in [0, 0.1) is 5.92 Å². The third kappa shape index (κ3) is 3.18. The number of morpholine rings is 1.